The van der Waals surface area contributed by atoms with Gasteiger partial charge in [0.1, 0.15) is 0 Å². The van der Waals surface area contributed by atoms with Crippen LogP contribution in [0.1, 0.15) is 11.1 Å². The molecule has 0 fully saturated rings. The van der Waals surface area contributed by atoms with E-state index in [1.807, 2.05) is 6.08 Å². The predicted octanol–water partition coefficient (Wildman–Crippen LogP) is 3.48. The summed E-state index contributed by atoms with van der Waals surface area (Å²) < 4.78 is 0. The first kappa shape index (κ1) is 13.2. The van der Waals surface area contributed by atoms with Crippen LogP contribution in [0.15, 0.2) is 30.8 Å². The Bertz CT molecular complexity index is 201. The molecule has 1 rings (SSSR count). The Morgan fingerprint density at radius 3 is 1.91 bits per heavy atom. The average Bonchev–Trinajstić information content (AvgIpc) is 1.90. The molecule has 0 nitrogen and oxygen atoms in total. The minimum absolute atomic E-state index is 0. The van der Waals surface area contributed by atoms with Crippen molar-refractivity contribution in [3.05, 3.63) is 42.0 Å². The molecule has 0 N–H and O–H groups in total. The predicted molar refractivity (Wildman–Crippen MR) is 55.8 cm³/mol. The van der Waals surface area contributed by atoms with Crippen molar-refractivity contribution in [1.29, 1.82) is 0 Å². The van der Waals surface area contributed by atoms with Gasteiger partial charge in [0.15, 0.2) is 0 Å². The van der Waals surface area contributed by atoms with Crippen molar-refractivity contribution in [2.24, 2.45) is 0 Å². The minimum Gasteiger partial charge on any atom is -0.147 e. The van der Waals surface area contributed by atoms with Gasteiger partial charge < -0.3 is 0 Å². The quantitative estimate of drug-likeness (QED) is 0.637. The van der Waals surface area contributed by atoms with E-state index in [0.717, 1.165) is 0 Å². The zero-order valence-electron chi connectivity index (χ0n) is 6.41. The average molecular weight is 191 g/mol. The first-order chi connectivity index (χ1) is 4.33. The van der Waals surface area contributed by atoms with Crippen LogP contribution in [0.25, 0.3) is 6.08 Å². The molecule has 0 heterocycles. The van der Waals surface area contributed by atoms with Gasteiger partial charge >= 0.3 is 0 Å². The number of benzene rings is 1. The van der Waals surface area contributed by atoms with E-state index in [2.05, 4.69) is 37.8 Å². The van der Waals surface area contributed by atoms with Crippen LogP contribution >= 0.6 is 24.8 Å². The molecule has 0 aromatic heterocycles. The van der Waals surface area contributed by atoms with Crippen molar-refractivity contribution in [2.45, 2.75) is 6.92 Å². The second-order valence-corrected chi connectivity index (χ2v) is 2.11. The molecule has 0 aliphatic carbocycles. The summed E-state index contributed by atoms with van der Waals surface area (Å²) in [5.41, 5.74) is 2.47. The molecular formula is C9H12Cl2. The summed E-state index contributed by atoms with van der Waals surface area (Å²) in [4.78, 5) is 0. The lowest BCUT2D eigenvalue weighted by Gasteiger charge is -1.91. The van der Waals surface area contributed by atoms with Crippen molar-refractivity contribution < 1.29 is 0 Å². The molecule has 0 amide bonds. The third kappa shape index (κ3) is 4.07. The van der Waals surface area contributed by atoms with Gasteiger partial charge in [-0.15, -0.1) is 24.8 Å². The van der Waals surface area contributed by atoms with Gasteiger partial charge in [-0.1, -0.05) is 42.5 Å². The summed E-state index contributed by atoms with van der Waals surface area (Å²) >= 11 is 0. The van der Waals surface area contributed by atoms with E-state index in [1.54, 1.807) is 0 Å². The van der Waals surface area contributed by atoms with Crippen LogP contribution in [0.5, 0.6) is 0 Å². The van der Waals surface area contributed by atoms with E-state index in [4.69, 9.17) is 0 Å². The molecule has 62 valence electrons. The summed E-state index contributed by atoms with van der Waals surface area (Å²) in [6.45, 7) is 5.74. The van der Waals surface area contributed by atoms with Crippen LogP contribution in [-0.4, -0.2) is 0 Å². The van der Waals surface area contributed by atoms with Gasteiger partial charge in [-0.05, 0) is 12.5 Å². The minimum atomic E-state index is 0. The van der Waals surface area contributed by atoms with E-state index in [0.29, 0.717) is 0 Å². The number of halogens is 2. The Hall–Kier alpha value is -0.460. The summed E-state index contributed by atoms with van der Waals surface area (Å²) in [5, 5.41) is 0. The number of hydrogen-bond acceptors (Lipinski definition) is 0. The summed E-state index contributed by atoms with van der Waals surface area (Å²) in [5.74, 6) is 0. The lowest BCUT2D eigenvalue weighted by molar-refractivity contribution is 1.46. The van der Waals surface area contributed by atoms with Crippen LogP contribution in [-0.2, 0) is 0 Å². The molecule has 0 aliphatic heterocycles. The Morgan fingerprint density at radius 1 is 1.09 bits per heavy atom. The van der Waals surface area contributed by atoms with Crippen molar-refractivity contribution in [3.63, 3.8) is 0 Å². The largest absolute Gasteiger partial charge is 0.147 e. The first-order valence-corrected chi connectivity index (χ1v) is 3.02. The molecular weight excluding hydrogens is 179 g/mol. The zero-order valence-corrected chi connectivity index (χ0v) is 8.04. The Balaban J connectivity index is 0. The number of hydrogen-bond donors (Lipinski definition) is 0. The molecule has 0 unspecified atom stereocenters. The van der Waals surface area contributed by atoms with Gasteiger partial charge in [0, 0.05) is 0 Å². The highest BCUT2D eigenvalue weighted by Gasteiger charge is 1.82. The van der Waals surface area contributed by atoms with Crippen LogP contribution in [0.4, 0.5) is 0 Å². The van der Waals surface area contributed by atoms with Gasteiger partial charge in [-0.3, -0.25) is 0 Å². The van der Waals surface area contributed by atoms with Crippen LogP contribution in [0, 0.1) is 6.92 Å². The van der Waals surface area contributed by atoms with Crippen LogP contribution < -0.4 is 0 Å². The molecule has 11 heavy (non-hydrogen) atoms. The smallest absolute Gasteiger partial charge is 0.0262 e. The fraction of sp³-hybridized carbons (Fsp3) is 0.111. The maximum Gasteiger partial charge on any atom is -0.0262 e. The second-order valence-electron chi connectivity index (χ2n) is 2.11. The van der Waals surface area contributed by atoms with Gasteiger partial charge in [0.2, 0.25) is 0 Å². The third-order valence-corrected chi connectivity index (χ3v) is 1.31. The summed E-state index contributed by atoms with van der Waals surface area (Å²) in [7, 11) is 0. The second kappa shape index (κ2) is 6.26. The number of rotatable bonds is 1. The Morgan fingerprint density at radius 2 is 1.55 bits per heavy atom. The molecule has 2 heteroatoms. The standard InChI is InChI=1S/C9H10.2ClH/c1-3-9-6-4-8(2)5-7-9;;/h3-7H,1H2,2H3;2*1H. The molecule has 0 saturated heterocycles. The maximum absolute atomic E-state index is 3.66. The molecule has 0 atom stereocenters. The molecule has 0 bridgehead atoms. The summed E-state index contributed by atoms with van der Waals surface area (Å²) in [6.07, 6.45) is 1.85. The van der Waals surface area contributed by atoms with Crippen molar-refractivity contribution in [1.82, 2.24) is 0 Å². The lowest BCUT2D eigenvalue weighted by Crippen LogP contribution is -1.71. The van der Waals surface area contributed by atoms with Crippen LogP contribution in [0.2, 0.25) is 0 Å². The first-order valence-electron chi connectivity index (χ1n) is 3.02. The fourth-order valence-electron chi connectivity index (χ4n) is 0.703. The van der Waals surface area contributed by atoms with E-state index in [1.165, 1.54) is 11.1 Å². The topological polar surface area (TPSA) is 0 Å². The van der Waals surface area contributed by atoms with Gasteiger partial charge in [0.25, 0.3) is 0 Å². The third-order valence-electron chi connectivity index (χ3n) is 1.31. The molecule has 0 saturated carbocycles. The monoisotopic (exact) mass is 190 g/mol. The molecule has 0 spiro atoms. The van der Waals surface area contributed by atoms with Crippen molar-refractivity contribution >= 4 is 30.9 Å². The zero-order chi connectivity index (χ0) is 6.69. The maximum atomic E-state index is 3.66. The molecule has 0 aliphatic rings. The van der Waals surface area contributed by atoms with E-state index in [9.17, 15) is 0 Å². The lowest BCUT2D eigenvalue weighted by atomic mass is 10.2. The highest BCUT2D eigenvalue weighted by molar-refractivity contribution is 5.85. The van der Waals surface area contributed by atoms with Gasteiger partial charge in [-0.25, -0.2) is 0 Å². The van der Waals surface area contributed by atoms with Crippen molar-refractivity contribution in [3.8, 4) is 0 Å². The highest BCUT2D eigenvalue weighted by atomic mass is 35.5. The van der Waals surface area contributed by atoms with E-state index >= 15 is 0 Å². The Kier molecular flexibility index (Phi) is 7.49. The Labute approximate surface area is 80.1 Å². The highest BCUT2D eigenvalue weighted by Crippen LogP contribution is 2.02. The van der Waals surface area contributed by atoms with E-state index in [-0.39, 0.29) is 24.8 Å². The van der Waals surface area contributed by atoms with Crippen molar-refractivity contribution in [2.75, 3.05) is 0 Å². The summed E-state index contributed by atoms with van der Waals surface area (Å²) in [6, 6.07) is 8.28. The normalized spacial score (nSPS) is 7.36. The molecule has 0 radical (unpaired) electrons. The fourth-order valence-corrected chi connectivity index (χ4v) is 0.703. The van der Waals surface area contributed by atoms with Crippen LogP contribution in [0.3, 0.4) is 0 Å². The molecule has 1 aromatic carbocycles. The van der Waals surface area contributed by atoms with Gasteiger partial charge in [0.05, 0.1) is 0 Å². The SMILES string of the molecule is C=Cc1ccc(C)cc1.Cl.Cl. The molecule has 1 aromatic rings. The number of aryl methyl sites for hydroxylation is 1. The van der Waals surface area contributed by atoms with Gasteiger partial charge in [-0.2, -0.15) is 0 Å². The van der Waals surface area contributed by atoms with E-state index < -0.39 is 0 Å².